The molecular formula is C20H21ClN6O3S. The monoisotopic (exact) mass is 460 g/mol. The highest BCUT2D eigenvalue weighted by Crippen LogP contribution is 2.22. The van der Waals surface area contributed by atoms with Crippen LogP contribution in [0.25, 0.3) is 11.4 Å². The molecule has 0 saturated carbocycles. The normalized spacial score (nSPS) is 14.5. The molecule has 1 N–H and O–H groups in total. The van der Waals surface area contributed by atoms with Gasteiger partial charge in [-0.05, 0) is 43.5 Å². The van der Waals surface area contributed by atoms with Crippen molar-refractivity contribution in [3.05, 3.63) is 40.7 Å². The third-order valence-corrected chi connectivity index (χ3v) is 6.02. The molecule has 0 radical (unpaired) electrons. The van der Waals surface area contributed by atoms with E-state index in [0.717, 1.165) is 5.56 Å². The number of hydrogen-bond donors (Lipinski definition) is 1. The number of anilines is 1. The minimum atomic E-state index is -0.113. The van der Waals surface area contributed by atoms with Crippen LogP contribution in [0.4, 0.5) is 5.13 Å². The third kappa shape index (κ3) is 5.65. The Morgan fingerprint density at radius 2 is 2.00 bits per heavy atom. The largest absolute Gasteiger partial charge is 0.343 e. The number of aryl methyl sites for hydroxylation is 1. The first-order valence-electron chi connectivity index (χ1n) is 10.0. The summed E-state index contributed by atoms with van der Waals surface area (Å²) >= 11 is 7.18. The summed E-state index contributed by atoms with van der Waals surface area (Å²) in [6, 6.07) is 7.21. The molecule has 1 aliphatic heterocycles. The zero-order chi connectivity index (χ0) is 21.6. The molecule has 2 amide bonds. The molecule has 31 heavy (non-hydrogen) atoms. The molecule has 0 atom stereocenters. The van der Waals surface area contributed by atoms with Gasteiger partial charge in [0.1, 0.15) is 5.51 Å². The number of carbonyl (C=O) groups excluding carboxylic acids is 2. The Labute approximate surface area is 187 Å². The Morgan fingerprint density at radius 3 is 2.71 bits per heavy atom. The van der Waals surface area contributed by atoms with Crippen LogP contribution in [0.3, 0.4) is 0 Å². The first-order chi connectivity index (χ1) is 15.1. The highest BCUT2D eigenvalue weighted by Gasteiger charge is 2.27. The molecule has 4 rings (SSSR count). The molecule has 11 heteroatoms. The van der Waals surface area contributed by atoms with E-state index in [1.165, 1.54) is 11.3 Å². The van der Waals surface area contributed by atoms with Gasteiger partial charge in [0.2, 0.25) is 28.7 Å². The summed E-state index contributed by atoms with van der Waals surface area (Å²) in [5, 5.41) is 15.4. The van der Waals surface area contributed by atoms with E-state index >= 15 is 0 Å². The molecule has 2 aromatic heterocycles. The molecule has 3 heterocycles. The number of halogens is 1. The van der Waals surface area contributed by atoms with Crippen molar-refractivity contribution in [2.75, 3.05) is 18.4 Å². The first kappa shape index (κ1) is 21.4. The Kier molecular flexibility index (Phi) is 6.88. The first-order valence-corrected chi connectivity index (χ1v) is 11.3. The molecular weight excluding hydrogens is 440 g/mol. The highest BCUT2D eigenvalue weighted by atomic mass is 35.5. The Hall–Kier alpha value is -2.85. The van der Waals surface area contributed by atoms with E-state index in [4.69, 9.17) is 16.1 Å². The molecule has 0 spiro atoms. The number of rotatable bonds is 7. The Bertz CT molecular complexity index is 1020. The summed E-state index contributed by atoms with van der Waals surface area (Å²) in [5.74, 6) is 0.923. The summed E-state index contributed by atoms with van der Waals surface area (Å²) < 4.78 is 5.29. The maximum Gasteiger partial charge on any atom is 0.229 e. The Morgan fingerprint density at radius 1 is 1.23 bits per heavy atom. The summed E-state index contributed by atoms with van der Waals surface area (Å²) in [4.78, 5) is 31.0. The van der Waals surface area contributed by atoms with Gasteiger partial charge in [-0.1, -0.05) is 28.1 Å². The molecule has 0 unspecified atom stereocenters. The molecule has 1 saturated heterocycles. The molecule has 0 aliphatic carbocycles. The molecule has 0 bridgehead atoms. The van der Waals surface area contributed by atoms with Gasteiger partial charge in [0.05, 0.1) is 0 Å². The van der Waals surface area contributed by atoms with Crippen molar-refractivity contribution < 1.29 is 14.1 Å². The lowest BCUT2D eigenvalue weighted by atomic mass is 9.95. The summed E-state index contributed by atoms with van der Waals surface area (Å²) in [5.41, 5.74) is 2.40. The fourth-order valence-electron chi connectivity index (χ4n) is 3.45. The number of piperidine rings is 1. The molecule has 9 nitrogen and oxygen atoms in total. The van der Waals surface area contributed by atoms with Crippen molar-refractivity contribution in [3.8, 4) is 11.4 Å². The van der Waals surface area contributed by atoms with Crippen molar-refractivity contribution in [1.29, 1.82) is 0 Å². The third-order valence-electron chi connectivity index (χ3n) is 5.16. The van der Waals surface area contributed by atoms with E-state index in [9.17, 15) is 9.59 Å². The van der Waals surface area contributed by atoms with Gasteiger partial charge in [0.25, 0.3) is 0 Å². The van der Waals surface area contributed by atoms with Crippen molar-refractivity contribution in [2.45, 2.75) is 32.1 Å². The predicted molar refractivity (Wildman–Crippen MR) is 116 cm³/mol. The predicted octanol–water partition coefficient (Wildman–Crippen LogP) is 3.44. The maximum absolute atomic E-state index is 12.5. The second kappa shape index (κ2) is 9.97. The van der Waals surface area contributed by atoms with Crippen molar-refractivity contribution in [3.63, 3.8) is 0 Å². The number of nitrogens with zero attached hydrogens (tertiary/aromatic N) is 5. The topological polar surface area (TPSA) is 114 Å². The Balaban J connectivity index is 1.19. The van der Waals surface area contributed by atoms with Crippen LogP contribution in [0.2, 0.25) is 5.02 Å². The van der Waals surface area contributed by atoms with Gasteiger partial charge in [-0.2, -0.15) is 4.98 Å². The number of aromatic nitrogens is 4. The van der Waals surface area contributed by atoms with Crippen LogP contribution in [0.5, 0.6) is 0 Å². The fourth-order valence-corrected chi connectivity index (χ4v) is 4.02. The van der Waals surface area contributed by atoms with E-state index in [2.05, 4.69) is 25.7 Å². The zero-order valence-corrected chi connectivity index (χ0v) is 18.2. The zero-order valence-electron chi connectivity index (χ0n) is 16.7. The second-order valence-electron chi connectivity index (χ2n) is 7.26. The van der Waals surface area contributed by atoms with E-state index in [1.54, 1.807) is 17.6 Å². The van der Waals surface area contributed by atoms with Gasteiger partial charge in [-0.25, -0.2) is 0 Å². The number of amides is 2. The number of hydrogen-bond acceptors (Lipinski definition) is 8. The van der Waals surface area contributed by atoms with E-state index in [-0.39, 0.29) is 17.7 Å². The lowest BCUT2D eigenvalue weighted by molar-refractivity contribution is -0.134. The van der Waals surface area contributed by atoms with E-state index in [0.29, 0.717) is 67.1 Å². The quantitative estimate of drug-likeness (QED) is 0.574. The van der Waals surface area contributed by atoms with Gasteiger partial charge in [0.15, 0.2) is 0 Å². The number of nitrogens with one attached hydrogen (secondary N) is 1. The maximum atomic E-state index is 12.5. The summed E-state index contributed by atoms with van der Waals surface area (Å²) in [7, 11) is 0. The van der Waals surface area contributed by atoms with Crippen LogP contribution in [-0.2, 0) is 16.0 Å². The van der Waals surface area contributed by atoms with Crippen molar-refractivity contribution >= 4 is 39.9 Å². The highest BCUT2D eigenvalue weighted by molar-refractivity contribution is 7.13. The number of likely N-dealkylation sites (tertiary alicyclic amines) is 1. The van der Waals surface area contributed by atoms with Crippen LogP contribution in [0.15, 0.2) is 34.3 Å². The fraction of sp³-hybridized carbons (Fsp3) is 0.400. The van der Waals surface area contributed by atoms with E-state index in [1.807, 2.05) is 17.0 Å². The van der Waals surface area contributed by atoms with Crippen LogP contribution in [0, 0.1) is 5.92 Å². The van der Waals surface area contributed by atoms with Gasteiger partial charge >= 0.3 is 0 Å². The molecule has 1 aromatic carbocycles. The molecule has 1 fully saturated rings. The molecule has 162 valence electrons. The van der Waals surface area contributed by atoms with Gasteiger partial charge < -0.3 is 14.7 Å². The van der Waals surface area contributed by atoms with Crippen molar-refractivity contribution in [1.82, 2.24) is 25.2 Å². The van der Waals surface area contributed by atoms with E-state index < -0.39 is 0 Å². The van der Waals surface area contributed by atoms with Crippen molar-refractivity contribution in [2.24, 2.45) is 5.92 Å². The summed E-state index contributed by atoms with van der Waals surface area (Å²) in [6.07, 6.45) is 2.85. The lowest BCUT2D eigenvalue weighted by Crippen LogP contribution is -2.41. The van der Waals surface area contributed by atoms with Gasteiger partial charge in [0, 0.05) is 42.4 Å². The average Bonchev–Trinajstić information content (AvgIpc) is 3.47. The average molecular weight is 461 g/mol. The van der Waals surface area contributed by atoms with Crippen LogP contribution >= 0.6 is 22.9 Å². The minimum absolute atomic E-state index is 0.0586. The van der Waals surface area contributed by atoms with Gasteiger partial charge in [-0.15, -0.1) is 10.2 Å². The smallest absolute Gasteiger partial charge is 0.229 e. The molecule has 1 aliphatic rings. The standard InChI is InChI=1S/C20H21ClN6O3S/c21-15-6-4-13(5-7-15)18-23-16(30-26-18)2-1-3-17(28)27-10-8-14(9-11-27)19(29)24-20-25-22-12-31-20/h4-7,12,14H,1-3,8-11H2,(H,24,25,29). The second-order valence-corrected chi connectivity index (χ2v) is 8.53. The number of carbonyl (C=O) groups is 2. The lowest BCUT2D eigenvalue weighted by Gasteiger charge is -2.31. The van der Waals surface area contributed by atoms with Crippen LogP contribution in [-0.4, -0.2) is 50.1 Å². The summed E-state index contributed by atoms with van der Waals surface area (Å²) in [6.45, 7) is 1.16. The van der Waals surface area contributed by atoms with Crippen LogP contribution < -0.4 is 5.32 Å². The SMILES string of the molecule is O=C(Nc1nncs1)C1CCN(C(=O)CCCc2nc(-c3ccc(Cl)cc3)no2)CC1. The molecule has 3 aromatic rings. The van der Waals surface area contributed by atoms with Crippen LogP contribution in [0.1, 0.15) is 31.6 Å². The number of benzene rings is 1. The minimum Gasteiger partial charge on any atom is -0.343 e. The van der Waals surface area contributed by atoms with Gasteiger partial charge in [-0.3, -0.25) is 9.59 Å².